The summed E-state index contributed by atoms with van der Waals surface area (Å²) in [4.78, 5) is 26.0. The molecule has 6 nitrogen and oxygen atoms in total. The zero-order valence-electron chi connectivity index (χ0n) is 14.7. The fourth-order valence-corrected chi connectivity index (χ4v) is 4.00. The molecule has 0 atom stereocenters. The summed E-state index contributed by atoms with van der Waals surface area (Å²) in [7, 11) is 1.64. The average molecular weight is 425 g/mol. The van der Waals surface area contributed by atoms with Crippen molar-refractivity contribution in [3.63, 3.8) is 0 Å². The first kappa shape index (κ1) is 16.5. The Bertz CT molecular complexity index is 1050. The van der Waals surface area contributed by atoms with Gasteiger partial charge < -0.3 is 4.74 Å². The molecule has 1 aliphatic carbocycles. The SMILES string of the molecule is COc1ccc(CN2C(=O)N(C3CC3)c3ncnc4cc(Br)cc2c34)cc1. The van der Waals surface area contributed by atoms with Crippen LogP contribution in [0.2, 0.25) is 0 Å². The van der Waals surface area contributed by atoms with Gasteiger partial charge in [-0.2, -0.15) is 0 Å². The molecule has 0 radical (unpaired) electrons. The maximum Gasteiger partial charge on any atom is 0.330 e. The number of methoxy groups -OCH3 is 1. The summed E-state index contributed by atoms with van der Waals surface area (Å²) >= 11 is 3.55. The van der Waals surface area contributed by atoms with Crippen LogP contribution in [0.4, 0.5) is 16.3 Å². The highest BCUT2D eigenvalue weighted by Crippen LogP contribution is 2.44. The summed E-state index contributed by atoms with van der Waals surface area (Å²) in [5, 5.41) is 0.931. The van der Waals surface area contributed by atoms with E-state index in [-0.39, 0.29) is 12.1 Å². The van der Waals surface area contributed by atoms with Gasteiger partial charge in [-0.1, -0.05) is 28.1 Å². The number of carbonyl (C=O) groups excluding carboxylic acids is 1. The molecule has 3 aromatic rings. The maximum atomic E-state index is 13.4. The monoisotopic (exact) mass is 424 g/mol. The third kappa shape index (κ3) is 2.73. The number of ether oxygens (including phenoxy) is 1. The van der Waals surface area contributed by atoms with Crippen LogP contribution in [0.5, 0.6) is 5.75 Å². The highest BCUT2D eigenvalue weighted by Gasteiger charge is 2.42. The second-order valence-electron chi connectivity index (χ2n) is 6.83. The number of benzene rings is 2. The summed E-state index contributed by atoms with van der Waals surface area (Å²) in [6.45, 7) is 0.478. The van der Waals surface area contributed by atoms with Crippen LogP contribution in [-0.2, 0) is 6.54 Å². The molecule has 136 valence electrons. The summed E-state index contributed by atoms with van der Waals surface area (Å²) in [6.07, 6.45) is 3.56. The van der Waals surface area contributed by atoms with Crippen molar-refractivity contribution in [3.05, 3.63) is 52.8 Å². The number of nitrogens with zero attached hydrogens (tertiary/aromatic N) is 4. The molecule has 5 rings (SSSR count). The molecule has 2 aliphatic rings. The molecular formula is C20H17BrN4O2. The number of carbonyl (C=O) groups is 1. The molecule has 2 aromatic carbocycles. The van der Waals surface area contributed by atoms with Crippen molar-refractivity contribution in [2.45, 2.75) is 25.4 Å². The van der Waals surface area contributed by atoms with Gasteiger partial charge in [0, 0.05) is 10.5 Å². The largest absolute Gasteiger partial charge is 0.497 e. The van der Waals surface area contributed by atoms with E-state index in [0.717, 1.165) is 51.0 Å². The number of anilines is 2. The average Bonchev–Trinajstić information content (AvgIpc) is 3.50. The minimum Gasteiger partial charge on any atom is -0.497 e. The van der Waals surface area contributed by atoms with Crippen LogP contribution in [0.25, 0.3) is 10.9 Å². The van der Waals surface area contributed by atoms with Crippen LogP contribution in [0.15, 0.2) is 47.2 Å². The van der Waals surface area contributed by atoms with Gasteiger partial charge in [-0.05, 0) is 42.7 Å². The molecule has 0 unspecified atom stereocenters. The standard InChI is InChI=1S/C20H17BrN4O2/c1-27-15-6-2-12(3-7-15)10-24-17-9-13(21)8-16-18(17)19(23-11-22-16)25(20(24)26)14-4-5-14/h2-3,6-9,11,14H,4-5,10H2,1H3. The van der Waals surface area contributed by atoms with Crippen molar-refractivity contribution in [2.75, 3.05) is 16.9 Å². The Morgan fingerprint density at radius 3 is 2.67 bits per heavy atom. The second-order valence-corrected chi connectivity index (χ2v) is 7.75. The van der Waals surface area contributed by atoms with Gasteiger partial charge in [0.2, 0.25) is 0 Å². The van der Waals surface area contributed by atoms with E-state index in [1.165, 1.54) is 6.33 Å². The third-order valence-electron chi connectivity index (χ3n) is 5.03. The third-order valence-corrected chi connectivity index (χ3v) is 5.49. The van der Waals surface area contributed by atoms with Gasteiger partial charge >= 0.3 is 6.03 Å². The van der Waals surface area contributed by atoms with Crippen molar-refractivity contribution in [2.24, 2.45) is 0 Å². The maximum absolute atomic E-state index is 13.4. The summed E-state index contributed by atoms with van der Waals surface area (Å²) in [5.41, 5.74) is 2.71. The number of hydrogen-bond donors (Lipinski definition) is 0. The first-order chi connectivity index (χ1) is 13.2. The zero-order valence-corrected chi connectivity index (χ0v) is 16.3. The fraction of sp³-hybridized carbons (Fsp3) is 0.250. The highest BCUT2D eigenvalue weighted by molar-refractivity contribution is 9.10. The van der Waals surface area contributed by atoms with Crippen LogP contribution in [-0.4, -0.2) is 29.2 Å². The molecule has 2 amide bonds. The summed E-state index contributed by atoms with van der Waals surface area (Å²) in [6, 6.07) is 11.9. The molecule has 0 saturated heterocycles. The molecule has 0 N–H and O–H groups in total. The van der Waals surface area contributed by atoms with Gasteiger partial charge in [-0.15, -0.1) is 0 Å². The number of aromatic nitrogens is 2. The van der Waals surface area contributed by atoms with Gasteiger partial charge in [0.25, 0.3) is 0 Å². The van der Waals surface area contributed by atoms with Crippen molar-refractivity contribution in [1.82, 2.24) is 9.97 Å². The van der Waals surface area contributed by atoms with Crippen molar-refractivity contribution < 1.29 is 9.53 Å². The lowest BCUT2D eigenvalue weighted by molar-refractivity contribution is 0.250. The van der Waals surface area contributed by atoms with Crippen LogP contribution < -0.4 is 14.5 Å². The molecule has 2 heterocycles. The van der Waals surface area contributed by atoms with Crippen LogP contribution >= 0.6 is 15.9 Å². The Balaban J connectivity index is 1.65. The molecule has 27 heavy (non-hydrogen) atoms. The van der Waals surface area contributed by atoms with Gasteiger partial charge in [-0.3, -0.25) is 9.80 Å². The van der Waals surface area contributed by atoms with E-state index < -0.39 is 0 Å². The molecule has 1 fully saturated rings. The minimum absolute atomic E-state index is 0.0288. The topological polar surface area (TPSA) is 58.6 Å². The number of rotatable bonds is 4. The Morgan fingerprint density at radius 1 is 1.19 bits per heavy atom. The minimum atomic E-state index is -0.0288. The Morgan fingerprint density at radius 2 is 1.96 bits per heavy atom. The molecular weight excluding hydrogens is 408 g/mol. The predicted octanol–water partition coefficient (Wildman–Crippen LogP) is 4.51. The summed E-state index contributed by atoms with van der Waals surface area (Å²) < 4.78 is 6.13. The Hall–Kier alpha value is -2.67. The fourth-order valence-electron chi connectivity index (χ4n) is 3.57. The second kappa shape index (κ2) is 6.20. The first-order valence-corrected chi connectivity index (χ1v) is 9.63. The highest BCUT2D eigenvalue weighted by atomic mass is 79.9. The lowest BCUT2D eigenvalue weighted by Crippen LogP contribution is -2.47. The smallest absolute Gasteiger partial charge is 0.330 e. The molecule has 0 spiro atoms. The molecule has 7 heteroatoms. The van der Waals surface area contributed by atoms with Crippen LogP contribution in [0.1, 0.15) is 18.4 Å². The first-order valence-electron chi connectivity index (χ1n) is 8.83. The lowest BCUT2D eigenvalue weighted by atomic mass is 10.1. The van der Waals surface area contributed by atoms with Crippen molar-refractivity contribution in [3.8, 4) is 5.75 Å². The van der Waals surface area contributed by atoms with Crippen molar-refractivity contribution >= 4 is 44.4 Å². The van der Waals surface area contributed by atoms with E-state index in [4.69, 9.17) is 4.74 Å². The Kier molecular flexibility index (Phi) is 3.79. The van der Waals surface area contributed by atoms with Crippen LogP contribution in [0.3, 0.4) is 0 Å². The van der Waals surface area contributed by atoms with E-state index in [2.05, 4.69) is 25.9 Å². The molecule has 1 saturated carbocycles. The number of halogens is 1. The van der Waals surface area contributed by atoms with Gasteiger partial charge in [0.15, 0.2) is 0 Å². The Labute approximate surface area is 164 Å². The predicted molar refractivity (Wildman–Crippen MR) is 107 cm³/mol. The van der Waals surface area contributed by atoms with Crippen molar-refractivity contribution in [1.29, 1.82) is 0 Å². The zero-order chi connectivity index (χ0) is 18.5. The van der Waals surface area contributed by atoms with E-state index in [0.29, 0.717) is 6.54 Å². The van der Waals surface area contributed by atoms with E-state index >= 15 is 0 Å². The lowest BCUT2D eigenvalue weighted by Gasteiger charge is -2.36. The molecule has 0 bridgehead atoms. The normalized spacial score (nSPS) is 16.1. The quantitative estimate of drug-likeness (QED) is 0.617. The van der Waals surface area contributed by atoms with E-state index in [9.17, 15) is 4.79 Å². The number of amides is 2. The van der Waals surface area contributed by atoms with Gasteiger partial charge in [0.1, 0.15) is 17.9 Å². The molecule has 1 aliphatic heterocycles. The molecule has 1 aromatic heterocycles. The summed E-state index contributed by atoms with van der Waals surface area (Å²) in [5.74, 6) is 1.52. The van der Waals surface area contributed by atoms with Crippen LogP contribution in [0, 0.1) is 0 Å². The number of hydrogen-bond acceptors (Lipinski definition) is 4. The van der Waals surface area contributed by atoms with Gasteiger partial charge in [-0.25, -0.2) is 14.8 Å². The number of urea groups is 1. The van der Waals surface area contributed by atoms with Gasteiger partial charge in [0.05, 0.1) is 30.2 Å². The van der Waals surface area contributed by atoms with E-state index in [1.807, 2.05) is 46.2 Å². The van der Waals surface area contributed by atoms with E-state index in [1.54, 1.807) is 7.11 Å².